The molecule has 1 aromatic heterocycles. The second kappa shape index (κ2) is 5.08. The first-order chi connectivity index (χ1) is 11.0. The van der Waals surface area contributed by atoms with Gasteiger partial charge in [-0.15, -0.1) is 0 Å². The van der Waals surface area contributed by atoms with Crippen LogP contribution in [0, 0.1) is 23.2 Å². The molecule has 4 aliphatic carbocycles. The Balaban J connectivity index is 1.48. The Labute approximate surface area is 135 Å². The number of nitrogens with one attached hydrogen (secondary N) is 1. The highest BCUT2D eigenvalue weighted by Gasteiger charge is 2.50. The van der Waals surface area contributed by atoms with Crippen molar-refractivity contribution in [1.29, 1.82) is 0 Å². The number of hydrogen-bond donors (Lipinski definition) is 2. The minimum absolute atomic E-state index is 0.0319. The highest BCUT2D eigenvalue weighted by atomic mass is 16.4. The van der Waals surface area contributed by atoms with E-state index in [-0.39, 0.29) is 22.6 Å². The van der Waals surface area contributed by atoms with E-state index < -0.39 is 5.97 Å². The molecular formula is C17H23N3O3. The molecule has 0 unspecified atom stereocenters. The van der Waals surface area contributed by atoms with Gasteiger partial charge in [-0.2, -0.15) is 5.10 Å². The summed E-state index contributed by atoms with van der Waals surface area (Å²) in [5.74, 6) is 1.08. The third-order valence-electron chi connectivity index (χ3n) is 6.17. The van der Waals surface area contributed by atoms with Crippen LogP contribution < -0.4 is 5.32 Å². The number of carboxylic acids is 1. The van der Waals surface area contributed by atoms with Gasteiger partial charge in [-0.25, -0.2) is 4.79 Å². The molecule has 23 heavy (non-hydrogen) atoms. The Kier molecular flexibility index (Phi) is 3.25. The summed E-state index contributed by atoms with van der Waals surface area (Å²) in [6.07, 6.45) is 9.01. The summed E-state index contributed by atoms with van der Waals surface area (Å²) < 4.78 is 1.35. The lowest BCUT2D eigenvalue weighted by atomic mass is 9.49. The van der Waals surface area contributed by atoms with Crippen LogP contribution in [0.2, 0.25) is 0 Å². The monoisotopic (exact) mass is 317 g/mol. The van der Waals surface area contributed by atoms with Crippen LogP contribution in [0.25, 0.3) is 0 Å². The van der Waals surface area contributed by atoms with Gasteiger partial charge in [0.25, 0.3) is 5.91 Å². The van der Waals surface area contributed by atoms with Crippen molar-refractivity contribution in [3.8, 4) is 0 Å². The standard InChI is InChI=1S/C17H23N3O3/c1-20-14(13(8-19-20)16(22)23)15(21)18-9-17-5-10-2-11(6-17)4-12(3-10)7-17/h8,10-12H,2-7,9H2,1H3,(H,18,21)(H,22,23). The molecule has 1 heterocycles. The summed E-state index contributed by atoms with van der Waals surface area (Å²) in [6, 6.07) is 0. The topological polar surface area (TPSA) is 84.2 Å². The molecule has 0 saturated heterocycles. The first-order valence-corrected chi connectivity index (χ1v) is 8.49. The predicted octanol–water partition coefficient (Wildman–Crippen LogP) is 2.06. The summed E-state index contributed by atoms with van der Waals surface area (Å²) in [5, 5.41) is 16.1. The van der Waals surface area contributed by atoms with Crippen LogP contribution in [-0.2, 0) is 7.05 Å². The molecular weight excluding hydrogens is 294 g/mol. The fourth-order valence-corrected chi connectivity index (χ4v) is 5.72. The van der Waals surface area contributed by atoms with Gasteiger partial charge < -0.3 is 10.4 Å². The van der Waals surface area contributed by atoms with Gasteiger partial charge in [0.1, 0.15) is 11.3 Å². The van der Waals surface area contributed by atoms with Gasteiger partial charge in [0.15, 0.2) is 0 Å². The third-order valence-corrected chi connectivity index (χ3v) is 6.17. The maximum absolute atomic E-state index is 12.5. The number of aromatic nitrogens is 2. The predicted molar refractivity (Wildman–Crippen MR) is 83.1 cm³/mol. The Hall–Kier alpha value is -1.85. The van der Waals surface area contributed by atoms with Crippen molar-refractivity contribution in [2.24, 2.45) is 30.2 Å². The quantitative estimate of drug-likeness (QED) is 0.890. The van der Waals surface area contributed by atoms with Gasteiger partial charge in [0.05, 0.1) is 6.20 Å². The first kappa shape index (κ1) is 14.7. The fraction of sp³-hybridized carbons (Fsp3) is 0.706. The molecule has 5 rings (SSSR count). The van der Waals surface area contributed by atoms with E-state index in [2.05, 4.69) is 10.4 Å². The second-order valence-electron chi connectivity index (χ2n) is 7.94. The summed E-state index contributed by atoms with van der Waals surface area (Å²) in [4.78, 5) is 23.7. The fourth-order valence-electron chi connectivity index (χ4n) is 5.72. The van der Waals surface area contributed by atoms with Crippen molar-refractivity contribution in [1.82, 2.24) is 15.1 Å². The van der Waals surface area contributed by atoms with Gasteiger partial charge in [0, 0.05) is 13.6 Å². The van der Waals surface area contributed by atoms with Gasteiger partial charge >= 0.3 is 5.97 Å². The van der Waals surface area contributed by atoms with Crippen LogP contribution in [0.1, 0.15) is 59.4 Å². The lowest BCUT2D eigenvalue weighted by molar-refractivity contribution is -0.0503. The molecule has 6 heteroatoms. The molecule has 2 N–H and O–H groups in total. The van der Waals surface area contributed by atoms with E-state index >= 15 is 0 Å². The van der Waals surface area contributed by atoms with Crippen LogP contribution in [0.4, 0.5) is 0 Å². The van der Waals surface area contributed by atoms with E-state index in [1.165, 1.54) is 49.4 Å². The van der Waals surface area contributed by atoms with Crippen LogP contribution in [0.15, 0.2) is 6.20 Å². The molecule has 1 amide bonds. The number of rotatable bonds is 4. The smallest absolute Gasteiger partial charge is 0.339 e. The number of carboxylic acid groups (broad SMARTS) is 1. The zero-order chi connectivity index (χ0) is 16.2. The number of hydrogen-bond acceptors (Lipinski definition) is 3. The van der Waals surface area contributed by atoms with Crippen molar-refractivity contribution < 1.29 is 14.7 Å². The highest BCUT2D eigenvalue weighted by Crippen LogP contribution is 2.59. The third kappa shape index (κ3) is 2.44. The molecule has 0 aromatic carbocycles. The lowest BCUT2D eigenvalue weighted by Gasteiger charge is -2.56. The summed E-state index contributed by atoms with van der Waals surface area (Å²) in [5.41, 5.74) is 0.351. The molecule has 124 valence electrons. The van der Waals surface area contributed by atoms with Crippen molar-refractivity contribution in [2.75, 3.05) is 6.54 Å². The number of nitrogens with zero attached hydrogens (tertiary/aromatic N) is 2. The first-order valence-electron chi connectivity index (χ1n) is 8.49. The second-order valence-corrected chi connectivity index (χ2v) is 7.94. The Morgan fingerprint density at radius 3 is 2.35 bits per heavy atom. The molecule has 0 atom stereocenters. The largest absolute Gasteiger partial charge is 0.478 e. The summed E-state index contributed by atoms with van der Waals surface area (Å²) in [6.45, 7) is 0.666. The lowest BCUT2D eigenvalue weighted by Crippen LogP contribution is -2.51. The van der Waals surface area contributed by atoms with Crippen molar-refractivity contribution in [3.05, 3.63) is 17.5 Å². The van der Waals surface area contributed by atoms with Crippen molar-refractivity contribution in [3.63, 3.8) is 0 Å². The highest BCUT2D eigenvalue weighted by molar-refractivity contribution is 6.03. The Morgan fingerprint density at radius 2 is 1.83 bits per heavy atom. The van der Waals surface area contributed by atoms with Gasteiger partial charge in [-0.05, 0) is 61.7 Å². The van der Waals surface area contributed by atoms with Crippen LogP contribution in [0.3, 0.4) is 0 Å². The SMILES string of the molecule is Cn1ncc(C(=O)O)c1C(=O)NCC12CC3CC(CC(C3)C1)C2. The van der Waals surface area contributed by atoms with Crippen molar-refractivity contribution >= 4 is 11.9 Å². The maximum atomic E-state index is 12.5. The number of aryl methyl sites for hydroxylation is 1. The number of amides is 1. The average molecular weight is 317 g/mol. The van der Waals surface area contributed by atoms with Crippen LogP contribution >= 0.6 is 0 Å². The van der Waals surface area contributed by atoms with E-state index in [9.17, 15) is 14.7 Å². The molecule has 6 nitrogen and oxygen atoms in total. The van der Waals surface area contributed by atoms with Gasteiger partial charge in [-0.3, -0.25) is 9.48 Å². The van der Waals surface area contributed by atoms with Crippen LogP contribution in [0.5, 0.6) is 0 Å². The minimum Gasteiger partial charge on any atom is -0.478 e. The molecule has 4 fully saturated rings. The number of aromatic carboxylic acids is 1. The van der Waals surface area contributed by atoms with E-state index in [0.29, 0.717) is 6.54 Å². The number of carbonyl (C=O) groups is 2. The molecule has 4 bridgehead atoms. The minimum atomic E-state index is -1.11. The van der Waals surface area contributed by atoms with Gasteiger partial charge in [-0.1, -0.05) is 0 Å². The molecule has 4 aliphatic rings. The van der Waals surface area contributed by atoms with Crippen molar-refractivity contribution in [2.45, 2.75) is 38.5 Å². The average Bonchev–Trinajstić information content (AvgIpc) is 2.85. The maximum Gasteiger partial charge on any atom is 0.339 e. The van der Waals surface area contributed by atoms with E-state index in [0.717, 1.165) is 17.8 Å². The Morgan fingerprint density at radius 1 is 1.26 bits per heavy atom. The molecule has 0 aliphatic heterocycles. The number of carbonyl (C=O) groups excluding carboxylic acids is 1. The van der Waals surface area contributed by atoms with E-state index in [4.69, 9.17) is 0 Å². The van der Waals surface area contributed by atoms with E-state index in [1.807, 2.05) is 0 Å². The summed E-state index contributed by atoms with van der Waals surface area (Å²) >= 11 is 0. The normalized spacial score (nSPS) is 34.6. The molecule has 4 saturated carbocycles. The Bertz CT molecular complexity index is 629. The van der Waals surface area contributed by atoms with Crippen LogP contribution in [-0.4, -0.2) is 33.3 Å². The van der Waals surface area contributed by atoms with E-state index in [1.54, 1.807) is 7.05 Å². The zero-order valence-electron chi connectivity index (χ0n) is 13.4. The zero-order valence-corrected chi connectivity index (χ0v) is 13.4. The summed E-state index contributed by atoms with van der Waals surface area (Å²) in [7, 11) is 1.60. The molecule has 1 aromatic rings. The van der Waals surface area contributed by atoms with Gasteiger partial charge in [0.2, 0.25) is 0 Å². The molecule has 0 radical (unpaired) electrons. The molecule has 0 spiro atoms.